The molecule has 4 atom stereocenters. The number of piperidine rings is 4. The largest absolute Gasteiger partial charge is 0.573 e. The normalized spacial score (nSPS) is 27.7. The highest BCUT2D eigenvalue weighted by Crippen LogP contribution is 2.45. The molecule has 0 saturated carbocycles. The van der Waals surface area contributed by atoms with Gasteiger partial charge in [-0.05, 0) is 105 Å². The van der Waals surface area contributed by atoms with E-state index in [9.17, 15) is 18.0 Å². The maximum absolute atomic E-state index is 14.0. The fourth-order valence-electron chi connectivity index (χ4n) is 8.05. The molecule has 4 saturated heterocycles. The first kappa shape index (κ1) is 27.1. The Bertz CT molecular complexity index is 1500. The van der Waals surface area contributed by atoms with E-state index < -0.39 is 6.36 Å². The summed E-state index contributed by atoms with van der Waals surface area (Å²) in [5.41, 5.74) is 3.71. The summed E-state index contributed by atoms with van der Waals surface area (Å²) in [6.45, 7) is 3.79. The summed E-state index contributed by atoms with van der Waals surface area (Å²) in [6.07, 6.45) is 6.14. The number of aromatic nitrogens is 1. The van der Waals surface area contributed by atoms with Gasteiger partial charge in [-0.15, -0.1) is 13.2 Å². The molecular weight excluding hydrogens is 595 g/mol. The Morgan fingerprint density at radius 2 is 1.80 bits per heavy atom. The van der Waals surface area contributed by atoms with Gasteiger partial charge in [-0.3, -0.25) is 9.69 Å². The smallest absolute Gasteiger partial charge is 0.406 e. The van der Waals surface area contributed by atoms with Crippen molar-refractivity contribution >= 4 is 38.8 Å². The van der Waals surface area contributed by atoms with E-state index in [0.717, 1.165) is 51.5 Å². The van der Waals surface area contributed by atoms with Gasteiger partial charge in [-0.25, -0.2) is 0 Å². The van der Waals surface area contributed by atoms with Crippen molar-refractivity contribution in [3.8, 4) is 5.75 Å². The number of nitrogens with zero attached hydrogens (tertiary/aromatic N) is 3. The topological polar surface area (TPSA) is 37.7 Å². The number of carbonyl (C=O) groups excluding carboxylic acids is 1. The van der Waals surface area contributed by atoms with E-state index in [4.69, 9.17) is 0 Å². The van der Waals surface area contributed by atoms with Crippen LogP contribution in [0.4, 0.5) is 13.2 Å². The number of fused-ring (bicyclic) bond motifs is 3. The average molecular weight is 629 g/mol. The van der Waals surface area contributed by atoms with Crippen LogP contribution in [0.25, 0.3) is 17.0 Å². The molecule has 0 aliphatic carbocycles. The monoisotopic (exact) mass is 627 g/mol. The van der Waals surface area contributed by atoms with Crippen LogP contribution < -0.4 is 4.74 Å². The molecule has 0 unspecified atom stereocenters. The molecule has 216 valence electrons. The third-order valence-corrected chi connectivity index (χ3v) is 10.1. The third-order valence-electron chi connectivity index (χ3n) is 9.63. The second-order valence-corrected chi connectivity index (χ2v) is 12.9. The standard InChI is InChI=1S/C32H33BrF3N3O2/c33-24-8-12-28-27(16-24)23(18-38(28)17-20-5-9-25(10-6-20)41-32(34,35)36)15-21-7-11-29-26-4-2-14-37-13-1-3-22(30(26)37)19-39(29)31(21)40/h5-6,8-10,12,15-16,18,22,26,29-30H,1-4,7,11,13-14,17,19H2/b21-15+/t22-,26+,29+,30-/m0/s1. The summed E-state index contributed by atoms with van der Waals surface area (Å²) in [4.78, 5) is 18.9. The molecule has 4 aliphatic rings. The van der Waals surface area contributed by atoms with Crippen LogP contribution >= 0.6 is 15.9 Å². The molecular formula is C32H33BrF3N3O2. The third kappa shape index (κ3) is 5.20. The highest BCUT2D eigenvalue weighted by Gasteiger charge is 2.51. The van der Waals surface area contributed by atoms with Gasteiger partial charge in [0.15, 0.2) is 0 Å². The number of alkyl halides is 3. The van der Waals surface area contributed by atoms with Gasteiger partial charge in [0, 0.05) is 57.9 Å². The lowest BCUT2D eigenvalue weighted by atomic mass is 9.67. The van der Waals surface area contributed by atoms with Crippen molar-refractivity contribution in [2.75, 3.05) is 19.6 Å². The second kappa shape index (κ2) is 10.5. The van der Waals surface area contributed by atoms with E-state index in [2.05, 4.69) is 53.4 Å². The van der Waals surface area contributed by atoms with Crippen molar-refractivity contribution < 1.29 is 22.7 Å². The van der Waals surface area contributed by atoms with Gasteiger partial charge in [0.25, 0.3) is 0 Å². The summed E-state index contributed by atoms with van der Waals surface area (Å²) in [6, 6.07) is 13.1. The molecule has 1 aromatic heterocycles. The summed E-state index contributed by atoms with van der Waals surface area (Å²) < 4.78 is 44.8. The molecule has 0 N–H and O–H groups in total. The summed E-state index contributed by atoms with van der Waals surface area (Å²) in [5.74, 6) is 1.14. The van der Waals surface area contributed by atoms with Crippen LogP contribution in [0, 0.1) is 11.8 Å². The number of amides is 1. The molecule has 4 aliphatic heterocycles. The number of hydrogen-bond acceptors (Lipinski definition) is 3. The lowest BCUT2D eigenvalue weighted by molar-refractivity contribution is -0.274. The molecule has 1 amide bonds. The summed E-state index contributed by atoms with van der Waals surface area (Å²) >= 11 is 3.60. The van der Waals surface area contributed by atoms with Crippen LogP contribution in [-0.2, 0) is 11.3 Å². The minimum Gasteiger partial charge on any atom is -0.406 e. The van der Waals surface area contributed by atoms with E-state index in [1.54, 1.807) is 12.1 Å². The predicted octanol–water partition coefficient (Wildman–Crippen LogP) is 7.23. The number of carbonyl (C=O) groups is 1. The van der Waals surface area contributed by atoms with Gasteiger partial charge >= 0.3 is 6.36 Å². The quantitative estimate of drug-likeness (QED) is 0.286. The number of benzene rings is 2. The Balaban J connectivity index is 1.16. The van der Waals surface area contributed by atoms with E-state index >= 15 is 0 Å². The van der Waals surface area contributed by atoms with Crippen molar-refractivity contribution in [1.29, 1.82) is 0 Å². The summed E-state index contributed by atoms with van der Waals surface area (Å²) in [7, 11) is 0. The van der Waals surface area contributed by atoms with Crippen LogP contribution in [0.1, 0.15) is 49.7 Å². The fourth-order valence-corrected chi connectivity index (χ4v) is 8.41. The van der Waals surface area contributed by atoms with Crippen molar-refractivity contribution in [3.05, 3.63) is 69.8 Å². The van der Waals surface area contributed by atoms with Gasteiger partial charge in [0.1, 0.15) is 5.75 Å². The zero-order chi connectivity index (χ0) is 28.3. The highest BCUT2D eigenvalue weighted by atomic mass is 79.9. The first-order valence-corrected chi connectivity index (χ1v) is 15.4. The van der Waals surface area contributed by atoms with Crippen LogP contribution in [0.3, 0.4) is 0 Å². The molecule has 3 aromatic rings. The maximum Gasteiger partial charge on any atom is 0.573 e. The molecule has 5 nitrogen and oxygen atoms in total. The molecule has 41 heavy (non-hydrogen) atoms. The van der Waals surface area contributed by atoms with E-state index in [1.807, 2.05) is 12.1 Å². The molecule has 9 heteroatoms. The maximum atomic E-state index is 14.0. The fraction of sp³-hybridized carbons (Fsp3) is 0.469. The van der Waals surface area contributed by atoms with Crippen LogP contribution in [0.2, 0.25) is 0 Å². The minimum atomic E-state index is -4.71. The Hall–Kier alpha value is -2.78. The Morgan fingerprint density at radius 3 is 2.59 bits per heavy atom. The number of hydrogen-bond donors (Lipinski definition) is 0. The summed E-state index contributed by atoms with van der Waals surface area (Å²) in [5, 5.41) is 1.03. The molecule has 5 heterocycles. The molecule has 0 bridgehead atoms. The number of halogens is 4. The van der Waals surface area contributed by atoms with Gasteiger partial charge < -0.3 is 14.2 Å². The van der Waals surface area contributed by atoms with E-state index in [1.165, 1.54) is 50.9 Å². The minimum absolute atomic E-state index is 0.193. The SMILES string of the molecule is O=C1/C(=C/c2cn(Cc3ccc(OC(F)(F)F)cc3)c3ccc(Br)cc23)CC[C@@H]2[C@H]3CCCN4CCC[C@@H](CN12)[C@@H]34. The first-order chi connectivity index (χ1) is 19.7. The lowest BCUT2D eigenvalue weighted by Crippen LogP contribution is -2.66. The molecule has 4 fully saturated rings. The first-order valence-electron chi connectivity index (χ1n) is 14.6. The van der Waals surface area contributed by atoms with Crippen molar-refractivity contribution in [2.45, 2.75) is 63.5 Å². The van der Waals surface area contributed by atoms with Gasteiger partial charge in [0.2, 0.25) is 5.91 Å². The van der Waals surface area contributed by atoms with Crippen molar-refractivity contribution in [1.82, 2.24) is 14.4 Å². The zero-order valence-corrected chi connectivity index (χ0v) is 24.3. The number of ether oxygens (including phenoxy) is 1. The van der Waals surface area contributed by atoms with Gasteiger partial charge in [-0.2, -0.15) is 0 Å². The Labute approximate surface area is 246 Å². The Kier molecular flexibility index (Phi) is 6.93. The van der Waals surface area contributed by atoms with Gasteiger partial charge in [-0.1, -0.05) is 28.1 Å². The van der Waals surface area contributed by atoms with Crippen LogP contribution in [-0.4, -0.2) is 58.4 Å². The van der Waals surface area contributed by atoms with Crippen LogP contribution in [0.15, 0.2) is 58.7 Å². The molecule has 2 aromatic carbocycles. The van der Waals surface area contributed by atoms with Crippen molar-refractivity contribution in [3.63, 3.8) is 0 Å². The highest BCUT2D eigenvalue weighted by molar-refractivity contribution is 9.10. The lowest BCUT2D eigenvalue weighted by Gasteiger charge is -2.58. The molecule has 0 radical (unpaired) electrons. The average Bonchev–Trinajstić information content (AvgIpc) is 3.27. The van der Waals surface area contributed by atoms with E-state index in [0.29, 0.717) is 30.5 Å². The Morgan fingerprint density at radius 1 is 1.02 bits per heavy atom. The van der Waals surface area contributed by atoms with E-state index in [-0.39, 0.29) is 11.7 Å². The second-order valence-electron chi connectivity index (χ2n) is 12.0. The van der Waals surface area contributed by atoms with Crippen molar-refractivity contribution in [2.24, 2.45) is 11.8 Å². The molecule has 0 spiro atoms. The number of rotatable bonds is 4. The van der Waals surface area contributed by atoms with Gasteiger partial charge in [0.05, 0.1) is 0 Å². The van der Waals surface area contributed by atoms with Crippen LogP contribution in [0.5, 0.6) is 5.75 Å². The zero-order valence-electron chi connectivity index (χ0n) is 22.7. The predicted molar refractivity (Wildman–Crippen MR) is 155 cm³/mol. The molecule has 7 rings (SSSR count).